The topological polar surface area (TPSA) is 195 Å². The Morgan fingerprint density at radius 2 is 1.57 bits per heavy atom. The van der Waals surface area contributed by atoms with Gasteiger partial charge in [0.1, 0.15) is 36.8 Å². The van der Waals surface area contributed by atoms with Crippen LogP contribution < -0.4 is 0 Å². The van der Waals surface area contributed by atoms with E-state index in [0.29, 0.717) is 19.1 Å². The molecule has 3 fully saturated rings. The summed E-state index contributed by atoms with van der Waals surface area (Å²) >= 11 is 0. The quantitative estimate of drug-likeness (QED) is 0.134. The second-order valence-electron chi connectivity index (χ2n) is 17.9. The van der Waals surface area contributed by atoms with Gasteiger partial charge in [-0.2, -0.15) is 0 Å². The zero-order chi connectivity index (χ0) is 44.6. The Hall–Kier alpha value is -2.16. The van der Waals surface area contributed by atoms with Crippen LogP contribution >= 0.6 is 0 Å². The second-order valence-corrected chi connectivity index (χ2v) is 17.9. The van der Waals surface area contributed by atoms with Crippen LogP contribution in [0.15, 0.2) is 36.5 Å². The molecule has 0 radical (unpaired) electrons. The SMILES string of the molecule is C=C(C=O)[C@H]1C[C@@H](C)C(O[C@H]2CC[C@H](N(C)C)[C@@H](C)O2)/C=C/C=C/C[C@@H](C)OC(=O)C[C@@H](O)[C@H](OC)[C@H]1O[C@@H]1O[C@H](C)[C@@H](O[C@H]2C[C@@](C)(O)[C@@H](O)[C@H](C)O2)[C@H](N(C)C)[C@H]1O. The summed E-state index contributed by atoms with van der Waals surface area (Å²) in [4.78, 5) is 29.8. The molecule has 4 aliphatic rings. The Kier molecular flexibility index (Phi) is 18.9. The van der Waals surface area contributed by atoms with E-state index >= 15 is 0 Å². The predicted octanol–water partition coefficient (Wildman–Crippen LogP) is 2.49. The average Bonchev–Trinajstić information content (AvgIpc) is 3.15. The summed E-state index contributed by atoms with van der Waals surface area (Å²) in [6.07, 6.45) is -2.54. The average molecular weight is 855 g/mol. The summed E-state index contributed by atoms with van der Waals surface area (Å²) < 4.78 is 50.0. The number of carbonyl (C=O) groups is 2. The minimum atomic E-state index is -1.48. The van der Waals surface area contributed by atoms with Crippen molar-refractivity contribution in [2.24, 2.45) is 11.8 Å². The van der Waals surface area contributed by atoms with Crippen molar-refractivity contribution in [2.45, 2.75) is 184 Å². The highest BCUT2D eigenvalue weighted by molar-refractivity contribution is 5.73. The Balaban J connectivity index is 1.70. The van der Waals surface area contributed by atoms with Crippen LogP contribution in [0.3, 0.4) is 0 Å². The first-order valence-corrected chi connectivity index (χ1v) is 21.4. The lowest BCUT2D eigenvalue weighted by molar-refractivity contribution is -0.343. The van der Waals surface area contributed by atoms with Crippen LogP contribution in [-0.2, 0) is 47.5 Å². The van der Waals surface area contributed by atoms with Crippen LogP contribution in [0.2, 0.25) is 0 Å². The van der Waals surface area contributed by atoms with Gasteiger partial charge in [0.25, 0.3) is 0 Å². The van der Waals surface area contributed by atoms with E-state index in [2.05, 4.69) is 11.5 Å². The number of aldehydes is 1. The highest BCUT2D eigenvalue weighted by Gasteiger charge is 2.52. The summed E-state index contributed by atoms with van der Waals surface area (Å²) in [5.74, 6) is -1.79. The first-order valence-electron chi connectivity index (χ1n) is 21.4. The minimum Gasteiger partial charge on any atom is -0.462 e. The Morgan fingerprint density at radius 1 is 0.883 bits per heavy atom. The number of hydrogen-bond donors (Lipinski definition) is 4. The largest absolute Gasteiger partial charge is 0.462 e. The maximum atomic E-state index is 13.1. The maximum Gasteiger partial charge on any atom is 0.308 e. The van der Waals surface area contributed by atoms with E-state index in [1.807, 2.05) is 52.2 Å². The van der Waals surface area contributed by atoms with Crippen molar-refractivity contribution in [1.29, 1.82) is 0 Å². The Labute approximate surface area is 356 Å². The third kappa shape index (κ3) is 13.0. The summed E-state index contributed by atoms with van der Waals surface area (Å²) in [6, 6.07) is -0.510. The highest BCUT2D eigenvalue weighted by atomic mass is 16.7. The van der Waals surface area contributed by atoms with E-state index < -0.39 is 110 Å². The molecule has 4 heterocycles. The van der Waals surface area contributed by atoms with Crippen molar-refractivity contribution in [3.8, 4) is 0 Å². The summed E-state index contributed by atoms with van der Waals surface area (Å²) in [7, 11) is 8.97. The molecule has 4 rings (SSSR count). The number of allylic oxidation sites excluding steroid dienone is 2. The first kappa shape index (κ1) is 50.5. The highest BCUT2D eigenvalue weighted by Crippen LogP contribution is 2.38. The molecule has 4 N–H and O–H groups in total. The van der Waals surface area contributed by atoms with Gasteiger partial charge in [0.2, 0.25) is 0 Å². The minimum absolute atomic E-state index is 0.0268. The van der Waals surface area contributed by atoms with E-state index in [1.165, 1.54) is 14.0 Å². The van der Waals surface area contributed by atoms with Crippen LogP contribution in [0.1, 0.15) is 80.1 Å². The van der Waals surface area contributed by atoms with Crippen LogP contribution in [0.25, 0.3) is 0 Å². The van der Waals surface area contributed by atoms with Crippen LogP contribution in [0.5, 0.6) is 0 Å². The van der Waals surface area contributed by atoms with Gasteiger partial charge in [-0.3, -0.25) is 9.59 Å². The number of hydrogen-bond acceptors (Lipinski definition) is 16. The fourth-order valence-corrected chi connectivity index (χ4v) is 9.06. The van der Waals surface area contributed by atoms with Crippen LogP contribution in [0, 0.1) is 11.8 Å². The summed E-state index contributed by atoms with van der Waals surface area (Å²) in [5, 5.41) is 45.2. The molecule has 19 atom stereocenters. The van der Waals surface area contributed by atoms with Gasteiger partial charge >= 0.3 is 5.97 Å². The maximum absolute atomic E-state index is 13.1. The lowest BCUT2D eigenvalue weighted by Crippen LogP contribution is -2.65. The number of esters is 1. The van der Waals surface area contributed by atoms with Crippen molar-refractivity contribution in [3.63, 3.8) is 0 Å². The van der Waals surface area contributed by atoms with Gasteiger partial charge in [-0.1, -0.05) is 37.8 Å². The molecular formula is C44H74N2O14. The van der Waals surface area contributed by atoms with E-state index in [9.17, 15) is 30.0 Å². The lowest BCUT2D eigenvalue weighted by Gasteiger charge is -2.50. The molecule has 4 aliphatic heterocycles. The Bertz CT molecular complexity index is 1440. The Morgan fingerprint density at radius 3 is 2.17 bits per heavy atom. The third-order valence-corrected chi connectivity index (χ3v) is 12.5. The molecule has 0 spiro atoms. The van der Waals surface area contributed by atoms with Crippen LogP contribution in [0.4, 0.5) is 0 Å². The summed E-state index contributed by atoms with van der Waals surface area (Å²) in [6.45, 7) is 14.8. The number of aliphatic hydroxyl groups is 4. The van der Waals surface area contributed by atoms with Crippen molar-refractivity contribution >= 4 is 12.3 Å². The van der Waals surface area contributed by atoms with Gasteiger partial charge in [-0.15, -0.1) is 0 Å². The smallest absolute Gasteiger partial charge is 0.308 e. The zero-order valence-electron chi connectivity index (χ0n) is 37.5. The number of ether oxygens (including phenoxy) is 8. The van der Waals surface area contributed by atoms with Gasteiger partial charge in [0.15, 0.2) is 18.9 Å². The van der Waals surface area contributed by atoms with E-state index in [4.69, 9.17) is 37.9 Å². The first-order chi connectivity index (χ1) is 28.2. The normalized spacial score (nSPS) is 45.2. The van der Waals surface area contributed by atoms with Crippen molar-refractivity contribution in [3.05, 3.63) is 36.5 Å². The van der Waals surface area contributed by atoms with Gasteiger partial charge in [-0.25, -0.2) is 0 Å². The number of rotatable bonds is 11. The molecule has 16 heteroatoms. The molecule has 0 saturated carbocycles. The van der Waals surface area contributed by atoms with Gasteiger partial charge in [-0.05, 0) is 93.6 Å². The molecule has 3 saturated heterocycles. The predicted molar refractivity (Wildman–Crippen MR) is 221 cm³/mol. The fraction of sp³-hybridized carbons (Fsp3) is 0.818. The number of nitrogens with zero attached hydrogens (tertiary/aromatic N) is 2. The fourth-order valence-electron chi connectivity index (χ4n) is 9.06. The molecule has 344 valence electrons. The molecule has 0 aromatic heterocycles. The lowest BCUT2D eigenvalue weighted by atomic mass is 9.80. The van der Waals surface area contributed by atoms with E-state index in [-0.39, 0.29) is 36.5 Å². The van der Waals surface area contributed by atoms with Crippen molar-refractivity contribution < 1.29 is 67.9 Å². The van der Waals surface area contributed by atoms with E-state index in [0.717, 1.165) is 6.42 Å². The molecule has 0 aliphatic carbocycles. The zero-order valence-corrected chi connectivity index (χ0v) is 37.5. The molecule has 16 nitrogen and oxygen atoms in total. The van der Waals surface area contributed by atoms with Gasteiger partial charge in [0.05, 0.1) is 54.7 Å². The molecule has 0 aromatic rings. The van der Waals surface area contributed by atoms with Gasteiger partial charge in [0, 0.05) is 31.9 Å². The standard InChI is InChI=1S/C44H74N2O14/c1-24-20-30(25(2)23-47)40(60-43-38(50)37(46(10)11)39(28(5)57-43)59-36-22-44(7,52)42(51)29(6)56-36)41(53-12)32(48)21-34(49)54-26(3)16-14-13-15-17-33(24)58-35-19-18-31(45(8)9)27(4)55-35/h13-15,17,23-24,26-33,35-43,48,50-52H,2,16,18-22H2,1,3-12H3/b14-13+,17-15+/t24-,26-,27-,28-,29+,30-,31+,32-,33?,35+,36+,37-,38-,39-,40+,41+,42+,43+,44-/m1/s1. The van der Waals surface area contributed by atoms with Crippen molar-refractivity contribution in [1.82, 2.24) is 9.80 Å². The molecule has 0 bridgehead atoms. The number of likely N-dealkylation sites (N-methyl/N-ethyl adjacent to an activating group) is 2. The monoisotopic (exact) mass is 855 g/mol. The van der Waals surface area contributed by atoms with E-state index in [1.54, 1.807) is 39.8 Å². The third-order valence-electron chi connectivity index (χ3n) is 12.5. The molecular weight excluding hydrogens is 780 g/mol. The number of methoxy groups -OCH3 is 1. The number of aliphatic hydroxyl groups excluding tert-OH is 3. The number of cyclic esters (lactones) is 1. The van der Waals surface area contributed by atoms with Crippen molar-refractivity contribution in [2.75, 3.05) is 35.3 Å². The molecule has 60 heavy (non-hydrogen) atoms. The van der Waals surface area contributed by atoms with Gasteiger partial charge < -0.3 is 68.1 Å². The second kappa shape index (κ2) is 22.5. The van der Waals surface area contributed by atoms with Crippen LogP contribution in [-0.4, -0.2) is 181 Å². The molecule has 1 unspecified atom stereocenters. The molecule has 0 aromatic carbocycles. The molecule has 0 amide bonds. The summed E-state index contributed by atoms with van der Waals surface area (Å²) in [5.41, 5.74) is -1.34. The number of carbonyl (C=O) groups excluding carboxylic acids is 2.